The van der Waals surface area contributed by atoms with Crippen LogP contribution < -0.4 is 0 Å². The highest BCUT2D eigenvalue weighted by molar-refractivity contribution is 6.04. The van der Waals surface area contributed by atoms with Crippen molar-refractivity contribution in [2.24, 2.45) is 0 Å². The number of nitrogens with zero attached hydrogens (tertiary/aromatic N) is 1. The molecular formula is C17H23NO3. The lowest BCUT2D eigenvalue weighted by atomic mass is 10.00. The molecule has 0 bridgehead atoms. The van der Waals surface area contributed by atoms with Crippen LogP contribution in [0, 0.1) is 6.92 Å². The molecule has 4 heteroatoms. The molecule has 0 saturated heterocycles. The predicted octanol–water partition coefficient (Wildman–Crippen LogP) is 3.16. The summed E-state index contributed by atoms with van der Waals surface area (Å²) in [5.74, 6) is -0.907. The maximum Gasteiger partial charge on any atom is 0.337 e. The summed E-state index contributed by atoms with van der Waals surface area (Å²) in [6.07, 6.45) is 2.75. The second-order valence-electron chi connectivity index (χ2n) is 5.39. The van der Waals surface area contributed by atoms with Crippen LogP contribution >= 0.6 is 0 Å². The van der Waals surface area contributed by atoms with Gasteiger partial charge in [0.1, 0.15) is 0 Å². The molecule has 0 radical (unpaired) electrons. The van der Waals surface area contributed by atoms with Crippen LogP contribution in [0.3, 0.4) is 0 Å². The number of carboxylic acids is 1. The van der Waals surface area contributed by atoms with Crippen molar-refractivity contribution in [1.82, 2.24) is 4.57 Å². The van der Waals surface area contributed by atoms with Crippen LogP contribution in [-0.4, -0.2) is 27.4 Å². The third kappa shape index (κ3) is 2.68. The van der Waals surface area contributed by atoms with Gasteiger partial charge < -0.3 is 14.8 Å². The number of hydrogen-bond acceptors (Lipinski definition) is 2. The Labute approximate surface area is 125 Å². The van der Waals surface area contributed by atoms with E-state index in [1.54, 1.807) is 6.07 Å². The number of aryl methyl sites for hydroxylation is 2. The molecule has 0 spiro atoms. The Morgan fingerprint density at radius 3 is 2.52 bits per heavy atom. The zero-order valence-electron chi connectivity index (χ0n) is 12.9. The Balaban J connectivity index is 2.88. The Morgan fingerprint density at radius 2 is 2.00 bits per heavy atom. The Bertz CT molecular complexity index is 670. The SMILES string of the molecule is CCCc1c(C)n(CCO)c2c(C(=O)O)cc(CC)cc12. The van der Waals surface area contributed by atoms with Crippen molar-refractivity contribution < 1.29 is 15.0 Å². The minimum atomic E-state index is -0.907. The summed E-state index contributed by atoms with van der Waals surface area (Å²) in [4.78, 5) is 11.6. The fraction of sp³-hybridized carbons (Fsp3) is 0.471. The first kappa shape index (κ1) is 15.6. The normalized spacial score (nSPS) is 11.2. The molecule has 0 amide bonds. The van der Waals surface area contributed by atoms with Crippen molar-refractivity contribution in [3.05, 3.63) is 34.5 Å². The molecule has 4 nitrogen and oxygen atoms in total. The highest BCUT2D eigenvalue weighted by Crippen LogP contribution is 2.31. The quantitative estimate of drug-likeness (QED) is 0.858. The Morgan fingerprint density at radius 1 is 1.29 bits per heavy atom. The lowest BCUT2D eigenvalue weighted by Crippen LogP contribution is -2.08. The smallest absolute Gasteiger partial charge is 0.337 e. The molecule has 0 atom stereocenters. The summed E-state index contributed by atoms with van der Waals surface area (Å²) >= 11 is 0. The van der Waals surface area contributed by atoms with E-state index >= 15 is 0 Å². The highest BCUT2D eigenvalue weighted by atomic mass is 16.4. The van der Waals surface area contributed by atoms with Gasteiger partial charge in [0, 0.05) is 17.6 Å². The van der Waals surface area contributed by atoms with E-state index in [0.717, 1.165) is 41.4 Å². The molecule has 2 aromatic rings. The van der Waals surface area contributed by atoms with Crippen LogP contribution in [-0.2, 0) is 19.4 Å². The van der Waals surface area contributed by atoms with Crippen LogP contribution in [0.2, 0.25) is 0 Å². The standard InChI is InChI=1S/C17H23NO3/c1-4-6-13-11(3)18(7-8-19)16-14(13)9-12(5-2)10-15(16)17(20)21/h9-10,19H,4-8H2,1-3H3,(H,20,21). The van der Waals surface area contributed by atoms with Crippen LogP contribution in [0.4, 0.5) is 0 Å². The number of aliphatic hydroxyl groups is 1. The third-order valence-corrected chi connectivity index (χ3v) is 4.07. The largest absolute Gasteiger partial charge is 0.478 e. The fourth-order valence-corrected chi connectivity index (χ4v) is 3.05. The van der Waals surface area contributed by atoms with E-state index in [4.69, 9.17) is 0 Å². The van der Waals surface area contributed by atoms with Crippen LogP contribution in [0.5, 0.6) is 0 Å². The van der Waals surface area contributed by atoms with Crippen molar-refractivity contribution >= 4 is 16.9 Å². The van der Waals surface area contributed by atoms with Crippen LogP contribution in [0.25, 0.3) is 10.9 Å². The predicted molar refractivity (Wildman–Crippen MR) is 84.1 cm³/mol. The van der Waals surface area contributed by atoms with Crippen molar-refractivity contribution in [2.75, 3.05) is 6.61 Å². The van der Waals surface area contributed by atoms with Gasteiger partial charge in [0.05, 0.1) is 17.7 Å². The first-order valence-electron chi connectivity index (χ1n) is 7.53. The molecule has 0 aliphatic rings. The van der Waals surface area contributed by atoms with Gasteiger partial charge in [-0.25, -0.2) is 4.79 Å². The molecule has 0 fully saturated rings. The molecule has 2 rings (SSSR count). The zero-order valence-corrected chi connectivity index (χ0v) is 12.9. The van der Waals surface area contributed by atoms with Gasteiger partial charge in [0.2, 0.25) is 0 Å². The number of hydrogen-bond donors (Lipinski definition) is 2. The van der Waals surface area contributed by atoms with Crippen molar-refractivity contribution in [2.45, 2.75) is 46.6 Å². The second-order valence-corrected chi connectivity index (χ2v) is 5.39. The number of benzene rings is 1. The van der Waals surface area contributed by atoms with E-state index < -0.39 is 5.97 Å². The van der Waals surface area contributed by atoms with Crippen molar-refractivity contribution in [1.29, 1.82) is 0 Å². The molecule has 1 heterocycles. The van der Waals surface area contributed by atoms with Gasteiger partial charge in [0.25, 0.3) is 0 Å². The van der Waals surface area contributed by atoms with E-state index in [1.165, 1.54) is 5.56 Å². The van der Waals surface area contributed by atoms with Crippen LogP contribution in [0.15, 0.2) is 12.1 Å². The number of aromatic nitrogens is 1. The Hall–Kier alpha value is -1.81. The third-order valence-electron chi connectivity index (χ3n) is 4.07. The summed E-state index contributed by atoms with van der Waals surface area (Å²) in [7, 11) is 0. The average molecular weight is 289 g/mol. The molecule has 21 heavy (non-hydrogen) atoms. The van der Waals surface area contributed by atoms with Gasteiger partial charge in [0.15, 0.2) is 0 Å². The molecule has 114 valence electrons. The lowest BCUT2D eigenvalue weighted by Gasteiger charge is -2.09. The highest BCUT2D eigenvalue weighted by Gasteiger charge is 2.20. The summed E-state index contributed by atoms with van der Waals surface area (Å²) in [6.45, 7) is 6.60. The topological polar surface area (TPSA) is 62.5 Å². The molecule has 0 aliphatic carbocycles. The van der Waals surface area contributed by atoms with Gasteiger partial charge in [-0.15, -0.1) is 0 Å². The molecule has 0 saturated carbocycles. The molecule has 0 unspecified atom stereocenters. The monoisotopic (exact) mass is 289 g/mol. The molecule has 2 N–H and O–H groups in total. The van der Waals surface area contributed by atoms with Crippen LogP contribution in [0.1, 0.15) is 47.4 Å². The van der Waals surface area contributed by atoms with E-state index in [9.17, 15) is 15.0 Å². The number of aliphatic hydroxyl groups excluding tert-OH is 1. The number of rotatable bonds is 6. The average Bonchev–Trinajstić information content (AvgIpc) is 2.72. The molecular weight excluding hydrogens is 266 g/mol. The van der Waals surface area contributed by atoms with Gasteiger partial charge in [-0.1, -0.05) is 20.3 Å². The van der Waals surface area contributed by atoms with E-state index in [-0.39, 0.29) is 6.61 Å². The summed E-state index contributed by atoms with van der Waals surface area (Å²) in [5.41, 5.74) is 4.40. The summed E-state index contributed by atoms with van der Waals surface area (Å²) < 4.78 is 1.95. The van der Waals surface area contributed by atoms with Crippen molar-refractivity contribution in [3.8, 4) is 0 Å². The van der Waals surface area contributed by atoms with E-state index in [2.05, 4.69) is 13.0 Å². The minimum absolute atomic E-state index is 0.00474. The number of fused-ring (bicyclic) bond motifs is 1. The van der Waals surface area contributed by atoms with Gasteiger partial charge in [-0.3, -0.25) is 0 Å². The first-order valence-corrected chi connectivity index (χ1v) is 7.53. The molecule has 0 aliphatic heterocycles. The lowest BCUT2D eigenvalue weighted by molar-refractivity contribution is 0.0698. The maximum atomic E-state index is 11.6. The van der Waals surface area contributed by atoms with E-state index in [1.807, 2.05) is 18.4 Å². The minimum Gasteiger partial charge on any atom is -0.478 e. The second kappa shape index (κ2) is 6.31. The zero-order chi connectivity index (χ0) is 15.6. The number of carbonyl (C=O) groups is 1. The van der Waals surface area contributed by atoms with Crippen molar-refractivity contribution in [3.63, 3.8) is 0 Å². The van der Waals surface area contributed by atoms with Gasteiger partial charge >= 0.3 is 5.97 Å². The van der Waals surface area contributed by atoms with E-state index in [0.29, 0.717) is 12.1 Å². The molecule has 1 aromatic heterocycles. The maximum absolute atomic E-state index is 11.6. The first-order chi connectivity index (χ1) is 10.0. The molecule has 1 aromatic carbocycles. The fourth-order valence-electron chi connectivity index (χ4n) is 3.05. The number of carboxylic acid groups (broad SMARTS) is 1. The van der Waals surface area contributed by atoms with Gasteiger partial charge in [-0.2, -0.15) is 0 Å². The summed E-state index contributed by atoms with van der Waals surface area (Å²) in [6, 6.07) is 3.86. The number of aromatic carboxylic acids is 1. The van der Waals surface area contributed by atoms with Gasteiger partial charge in [-0.05, 0) is 43.0 Å². The Kier molecular flexibility index (Phi) is 4.68. The summed E-state index contributed by atoms with van der Waals surface area (Å²) in [5, 5.41) is 19.9.